The molecule has 0 unspecified atom stereocenters. The molecule has 0 saturated carbocycles. The Bertz CT molecular complexity index is 241. The van der Waals surface area contributed by atoms with Crippen LogP contribution in [0.1, 0.15) is 32.0 Å². The molecule has 0 aliphatic rings. The Hall–Kier alpha value is -0.780. The molecule has 0 fully saturated rings. The van der Waals surface area contributed by atoms with Gasteiger partial charge in [-0.15, -0.1) is 0 Å². The van der Waals surface area contributed by atoms with Crippen molar-refractivity contribution in [1.82, 2.24) is 0 Å². The molecule has 0 heteroatoms. The quantitative estimate of drug-likeness (QED) is 0.606. The lowest BCUT2D eigenvalue weighted by Gasteiger charge is -2.04. The average molecular weight is 150 g/mol. The monoisotopic (exact) mass is 150 g/mol. The van der Waals surface area contributed by atoms with Crippen LogP contribution in [-0.2, 0) is 12.8 Å². The summed E-state index contributed by atoms with van der Waals surface area (Å²) in [5.74, 6) is 0. The molecule has 1 rings (SSSR count). The number of hydrogen-bond acceptors (Lipinski definition) is 0. The molecule has 0 saturated heterocycles. The van der Waals surface area contributed by atoms with Crippen molar-refractivity contribution in [2.75, 3.05) is 0 Å². The summed E-state index contributed by atoms with van der Waals surface area (Å²) in [5, 5.41) is 0. The highest BCUT2D eigenvalue weighted by Crippen LogP contribution is 2.11. The highest BCUT2D eigenvalue weighted by atomic mass is 14.0. The van der Waals surface area contributed by atoms with Crippen LogP contribution >= 0.6 is 0 Å². The van der Waals surface area contributed by atoms with Crippen LogP contribution in [-0.4, -0.2) is 0 Å². The third-order valence-electron chi connectivity index (χ3n) is 2.20. The number of aryl methyl sites for hydroxylation is 3. The topological polar surface area (TPSA) is 0 Å². The van der Waals surface area contributed by atoms with Crippen LogP contribution in [0.25, 0.3) is 0 Å². The van der Waals surface area contributed by atoms with Crippen molar-refractivity contribution >= 4 is 0 Å². The summed E-state index contributed by atoms with van der Waals surface area (Å²) < 4.78 is 0. The van der Waals surface area contributed by atoms with Crippen molar-refractivity contribution in [3.8, 4) is 0 Å². The smallest absolute Gasteiger partial charge is 0 e. The van der Waals surface area contributed by atoms with Crippen LogP contribution in [0.3, 0.4) is 0 Å². The van der Waals surface area contributed by atoms with E-state index in [9.17, 15) is 0 Å². The van der Waals surface area contributed by atoms with E-state index in [1.54, 1.807) is 0 Å². The Kier molecular flexibility index (Phi) is 2.70. The fraction of sp³-hybridized carbons (Fsp3) is 0.455. The minimum atomic E-state index is 0. The van der Waals surface area contributed by atoms with Gasteiger partial charge < -0.3 is 0 Å². The molecule has 0 bridgehead atoms. The van der Waals surface area contributed by atoms with Gasteiger partial charge in [-0.05, 0) is 36.5 Å². The second-order valence-corrected chi connectivity index (χ2v) is 2.97. The Labute approximate surface area is 70.7 Å². The molecule has 62 valence electrons. The normalized spacial score (nSPS) is 10.1. The minimum absolute atomic E-state index is 0. The first kappa shape index (κ1) is 8.32. The van der Waals surface area contributed by atoms with Gasteiger partial charge in [0.1, 0.15) is 0 Å². The van der Waals surface area contributed by atoms with E-state index in [0.29, 0.717) is 0 Å². The highest BCUT2D eigenvalue weighted by Gasteiger charge is 1.95. The van der Waals surface area contributed by atoms with E-state index in [0.717, 1.165) is 12.8 Å². The molecule has 0 heterocycles. The first-order valence-electron chi connectivity index (χ1n) is 4.36. The molecule has 11 heavy (non-hydrogen) atoms. The highest BCUT2D eigenvalue weighted by molar-refractivity contribution is 5.30. The SMILES string of the molecule is CCc1ccc(C)c(CC)c1.[HH]. The molecular formula is C11H18. The zero-order chi connectivity index (χ0) is 8.27. The van der Waals surface area contributed by atoms with Gasteiger partial charge in [0.2, 0.25) is 0 Å². The Morgan fingerprint density at radius 1 is 1.18 bits per heavy atom. The zero-order valence-electron chi connectivity index (χ0n) is 7.65. The first-order chi connectivity index (χ1) is 5.27. The van der Waals surface area contributed by atoms with Gasteiger partial charge in [-0.1, -0.05) is 32.0 Å². The number of rotatable bonds is 2. The lowest BCUT2D eigenvalue weighted by molar-refractivity contribution is 1.07. The van der Waals surface area contributed by atoms with Crippen LogP contribution in [0.5, 0.6) is 0 Å². The Morgan fingerprint density at radius 2 is 1.91 bits per heavy atom. The summed E-state index contributed by atoms with van der Waals surface area (Å²) in [6.45, 7) is 6.59. The summed E-state index contributed by atoms with van der Waals surface area (Å²) >= 11 is 0. The second kappa shape index (κ2) is 3.56. The molecule has 0 atom stereocenters. The Morgan fingerprint density at radius 3 is 2.45 bits per heavy atom. The third kappa shape index (κ3) is 1.83. The van der Waals surface area contributed by atoms with Crippen molar-refractivity contribution in [2.45, 2.75) is 33.6 Å². The van der Waals surface area contributed by atoms with Crippen molar-refractivity contribution in [2.24, 2.45) is 0 Å². The van der Waals surface area contributed by atoms with Gasteiger partial charge in [-0.3, -0.25) is 0 Å². The van der Waals surface area contributed by atoms with Gasteiger partial charge in [-0.25, -0.2) is 0 Å². The molecular weight excluding hydrogens is 132 g/mol. The molecule has 0 aromatic heterocycles. The third-order valence-corrected chi connectivity index (χ3v) is 2.20. The van der Waals surface area contributed by atoms with Gasteiger partial charge in [-0.2, -0.15) is 0 Å². The molecule has 1 aromatic carbocycles. The molecule has 0 aliphatic heterocycles. The average Bonchev–Trinajstić information content (AvgIpc) is 2.05. The van der Waals surface area contributed by atoms with E-state index >= 15 is 0 Å². The zero-order valence-corrected chi connectivity index (χ0v) is 7.65. The van der Waals surface area contributed by atoms with Crippen LogP contribution in [0, 0.1) is 6.92 Å². The van der Waals surface area contributed by atoms with Crippen molar-refractivity contribution < 1.29 is 1.43 Å². The summed E-state index contributed by atoms with van der Waals surface area (Å²) in [6.07, 6.45) is 2.30. The van der Waals surface area contributed by atoms with Gasteiger partial charge in [0.15, 0.2) is 0 Å². The van der Waals surface area contributed by atoms with Gasteiger partial charge >= 0.3 is 0 Å². The minimum Gasteiger partial charge on any atom is -0.0613 e. The van der Waals surface area contributed by atoms with Crippen molar-refractivity contribution in [3.05, 3.63) is 34.9 Å². The molecule has 0 spiro atoms. The first-order valence-corrected chi connectivity index (χ1v) is 4.36. The molecule has 0 N–H and O–H groups in total. The van der Waals surface area contributed by atoms with E-state index in [1.165, 1.54) is 16.7 Å². The van der Waals surface area contributed by atoms with E-state index in [4.69, 9.17) is 0 Å². The standard InChI is InChI=1S/C11H16.H2/c1-4-10-7-6-9(3)11(5-2)8-10;/h6-8H,4-5H2,1-3H3;1H. The summed E-state index contributed by atoms with van der Waals surface area (Å²) in [5.41, 5.74) is 4.36. The number of hydrogen-bond donors (Lipinski definition) is 0. The van der Waals surface area contributed by atoms with Crippen LogP contribution in [0.2, 0.25) is 0 Å². The molecule has 0 radical (unpaired) electrons. The van der Waals surface area contributed by atoms with Gasteiger partial charge in [0.25, 0.3) is 0 Å². The summed E-state index contributed by atoms with van der Waals surface area (Å²) in [4.78, 5) is 0. The maximum atomic E-state index is 2.31. The van der Waals surface area contributed by atoms with E-state index in [2.05, 4.69) is 39.0 Å². The Balaban J connectivity index is 0.00000121. The van der Waals surface area contributed by atoms with Crippen LogP contribution in [0.4, 0.5) is 0 Å². The second-order valence-electron chi connectivity index (χ2n) is 2.97. The van der Waals surface area contributed by atoms with Crippen LogP contribution in [0.15, 0.2) is 18.2 Å². The fourth-order valence-corrected chi connectivity index (χ4v) is 1.33. The molecule has 1 aromatic rings. The molecule has 0 nitrogen and oxygen atoms in total. The van der Waals surface area contributed by atoms with E-state index < -0.39 is 0 Å². The van der Waals surface area contributed by atoms with E-state index in [-0.39, 0.29) is 1.43 Å². The van der Waals surface area contributed by atoms with Gasteiger partial charge in [0.05, 0.1) is 0 Å². The van der Waals surface area contributed by atoms with Gasteiger partial charge in [0, 0.05) is 1.43 Å². The molecule has 0 aliphatic carbocycles. The number of benzene rings is 1. The lowest BCUT2D eigenvalue weighted by Crippen LogP contribution is -1.88. The van der Waals surface area contributed by atoms with Crippen molar-refractivity contribution in [3.63, 3.8) is 0 Å². The largest absolute Gasteiger partial charge is 0.0613 e. The van der Waals surface area contributed by atoms with Crippen LogP contribution < -0.4 is 0 Å². The summed E-state index contributed by atoms with van der Waals surface area (Å²) in [7, 11) is 0. The summed E-state index contributed by atoms with van der Waals surface area (Å²) in [6, 6.07) is 6.75. The maximum Gasteiger partial charge on any atom is 0 e. The predicted molar refractivity (Wildman–Crippen MR) is 52.0 cm³/mol. The maximum absolute atomic E-state index is 2.31. The van der Waals surface area contributed by atoms with Crippen molar-refractivity contribution in [1.29, 1.82) is 0 Å². The fourth-order valence-electron chi connectivity index (χ4n) is 1.33. The molecule has 0 amide bonds. The van der Waals surface area contributed by atoms with E-state index in [1.807, 2.05) is 0 Å². The predicted octanol–water partition coefficient (Wildman–Crippen LogP) is 3.37. The lowest BCUT2D eigenvalue weighted by atomic mass is 10.0.